The van der Waals surface area contributed by atoms with Gasteiger partial charge in [-0.3, -0.25) is 0 Å². The van der Waals surface area contributed by atoms with E-state index in [-0.39, 0.29) is 5.92 Å². The lowest BCUT2D eigenvalue weighted by Crippen LogP contribution is -2.29. The molecular formula is C7H18N2O. The summed E-state index contributed by atoms with van der Waals surface area (Å²) in [5.74, 6) is 0.197. The van der Waals surface area contributed by atoms with Crippen molar-refractivity contribution in [1.29, 1.82) is 0 Å². The molecule has 0 radical (unpaired) electrons. The molecule has 3 nitrogen and oxygen atoms in total. The van der Waals surface area contributed by atoms with Crippen molar-refractivity contribution < 1.29 is 5.11 Å². The van der Waals surface area contributed by atoms with Crippen LogP contribution in [-0.4, -0.2) is 36.9 Å². The Kier molecular flexibility index (Phi) is 4.60. The summed E-state index contributed by atoms with van der Waals surface area (Å²) in [6.45, 7) is 2.93. The maximum absolute atomic E-state index is 8.89. The zero-order valence-electron chi connectivity index (χ0n) is 7.04. The van der Waals surface area contributed by atoms with Gasteiger partial charge in [-0.15, -0.1) is 0 Å². The molecule has 62 valence electrons. The molecule has 2 atom stereocenters. The van der Waals surface area contributed by atoms with E-state index in [0.29, 0.717) is 0 Å². The van der Waals surface area contributed by atoms with Crippen molar-refractivity contribution in [2.75, 3.05) is 20.6 Å². The van der Waals surface area contributed by atoms with Crippen molar-refractivity contribution in [3.63, 3.8) is 0 Å². The molecule has 0 aliphatic heterocycles. The number of nitrogens with two attached hydrogens (primary N) is 1. The van der Waals surface area contributed by atoms with E-state index in [2.05, 4.69) is 4.90 Å². The Hall–Kier alpha value is -0.120. The predicted molar refractivity (Wildman–Crippen MR) is 42.5 cm³/mol. The van der Waals surface area contributed by atoms with Gasteiger partial charge in [0.05, 0.1) is 0 Å². The third kappa shape index (κ3) is 4.73. The topological polar surface area (TPSA) is 49.5 Å². The van der Waals surface area contributed by atoms with Gasteiger partial charge in [0.15, 0.2) is 0 Å². The van der Waals surface area contributed by atoms with Crippen LogP contribution in [0.1, 0.15) is 13.3 Å². The van der Waals surface area contributed by atoms with Crippen LogP contribution in [0.4, 0.5) is 0 Å². The molecule has 0 aromatic rings. The smallest absolute Gasteiger partial charge is 0.105 e. The van der Waals surface area contributed by atoms with Crippen LogP contribution in [0.15, 0.2) is 0 Å². The van der Waals surface area contributed by atoms with E-state index in [1.165, 1.54) is 0 Å². The first-order valence-corrected chi connectivity index (χ1v) is 3.62. The molecule has 0 saturated heterocycles. The van der Waals surface area contributed by atoms with Gasteiger partial charge in [-0.1, -0.05) is 6.92 Å². The zero-order chi connectivity index (χ0) is 8.15. The number of nitrogens with zero attached hydrogens (tertiary/aromatic N) is 1. The second kappa shape index (κ2) is 4.66. The van der Waals surface area contributed by atoms with Crippen molar-refractivity contribution in [1.82, 2.24) is 4.90 Å². The van der Waals surface area contributed by atoms with Gasteiger partial charge < -0.3 is 15.7 Å². The van der Waals surface area contributed by atoms with E-state index in [0.717, 1.165) is 13.0 Å². The Morgan fingerprint density at radius 3 is 2.30 bits per heavy atom. The monoisotopic (exact) mass is 146 g/mol. The fourth-order valence-corrected chi connectivity index (χ4v) is 0.633. The summed E-state index contributed by atoms with van der Waals surface area (Å²) in [5.41, 5.74) is 5.26. The van der Waals surface area contributed by atoms with Gasteiger partial charge in [0.1, 0.15) is 6.23 Å². The molecule has 0 amide bonds. The van der Waals surface area contributed by atoms with Crippen molar-refractivity contribution in [3.8, 4) is 0 Å². The standard InChI is InChI=1S/C7H18N2O/c1-6(7(8)10)4-5-9(2)3/h6-7,10H,4-5,8H2,1-3H3. The first-order chi connectivity index (χ1) is 4.54. The van der Waals surface area contributed by atoms with E-state index in [4.69, 9.17) is 10.8 Å². The van der Waals surface area contributed by atoms with Gasteiger partial charge in [-0.05, 0) is 33.0 Å². The zero-order valence-corrected chi connectivity index (χ0v) is 7.04. The highest BCUT2D eigenvalue weighted by molar-refractivity contribution is 4.58. The predicted octanol–water partition coefficient (Wildman–Crippen LogP) is -0.149. The minimum absolute atomic E-state index is 0.197. The summed E-state index contributed by atoms with van der Waals surface area (Å²) in [4.78, 5) is 2.08. The first kappa shape index (κ1) is 9.88. The van der Waals surface area contributed by atoms with Crippen LogP contribution >= 0.6 is 0 Å². The van der Waals surface area contributed by atoms with Gasteiger partial charge in [0, 0.05) is 0 Å². The quantitative estimate of drug-likeness (QED) is 0.542. The van der Waals surface area contributed by atoms with Gasteiger partial charge >= 0.3 is 0 Å². The second-order valence-electron chi connectivity index (χ2n) is 3.06. The fourth-order valence-electron chi connectivity index (χ4n) is 0.633. The molecule has 3 heteroatoms. The van der Waals surface area contributed by atoms with Crippen molar-refractivity contribution in [3.05, 3.63) is 0 Å². The molecule has 0 aliphatic rings. The number of hydrogen-bond acceptors (Lipinski definition) is 3. The second-order valence-corrected chi connectivity index (χ2v) is 3.06. The van der Waals surface area contributed by atoms with Crippen LogP contribution in [0.3, 0.4) is 0 Å². The minimum atomic E-state index is -0.667. The Labute approximate surface area is 62.8 Å². The molecule has 0 aromatic heterocycles. The summed E-state index contributed by atoms with van der Waals surface area (Å²) in [6.07, 6.45) is 0.282. The van der Waals surface area contributed by atoms with E-state index >= 15 is 0 Å². The molecule has 0 fully saturated rings. The van der Waals surface area contributed by atoms with E-state index in [1.54, 1.807) is 0 Å². The average molecular weight is 146 g/mol. The summed E-state index contributed by atoms with van der Waals surface area (Å²) in [7, 11) is 4.02. The van der Waals surface area contributed by atoms with E-state index in [9.17, 15) is 0 Å². The molecule has 0 saturated carbocycles. The van der Waals surface area contributed by atoms with Crippen molar-refractivity contribution in [2.24, 2.45) is 11.7 Å². The summed E-state index contributed by atoms with van der Waals surface area (Å²) in [6, 6.07) is 0. The Balaban J connectivity index is 3.30. The van der Waals surface area contributed by atoms with Gasteiger partial charge in [-0.25, -0.2) is 0 Å². The lowest BCUT2D eigenvalue weighted by molar-refractivity contribution is 0.113. The Morgan fingerprint density at radius 2 is 2.00 bits per heavy atom. The van der Waals surface area contributed by atoms with Crippen LogP contribution in [0.25, 0.3) is 0 Å². The SMILES string of the molecule is CC(CCN(C)C)C(N)O. The molecule has 2 unspecified atom stereocenters. The number of hydrogen-bond donors (Lipinski definition) is 2. The molecule has 0 bridgehead atoms. The summed E-state index contributed by atoms with van der Waals surface area (Å²) in [5, 5.41) is 8.89. The Morgan fingerprint density at radius 1 is 1.50 bits per heavy atom. The van der Waals surface area contributed by atoms with Crippen LogP contribution in [0, 0.1) is 5.92 Å². The molecule has 3 N–H and O–H groups in total. The maximum Gasteiger partial charge on any atom is 0.105 e. The fraction of sp³-hybridized carbons (Fsp3) is 1.00. The molecule has 0 spiro atoms. The van der Waals surface area contributed by atoms with E-state index < -0.39 is 6.23 Å². The van der Waals surface area contributed by atoms with E-state index in [1.807, 2.05) is 21.0 Å². The van der Waals surface area contributed by atoms with Gasteiger partial charge in [0.25, 0.3) is 0 Å². The normalized spacial score (nSPS) is 17.4. The Bertz CT molecular complexity index is 83.7. The summed E-state index contributed by atoms with van der Waals surface area (Å²) >= 11 is 0. The number of aliphatic hydroxyl groups is 1. The molecule has 10 heavy (non-hydrogen) atoms. The van der Waals surface area contributed by atoms with Crippen LogP contribution in [-0.2, 0) is 0 Å². The molecule has 0 heterocycles. The highest BCUT2D eigenvalue weighted by atomic mass is 16.3. The van der Waals surface area contributed by atoms with Gasteiger partial charge in [0.2, 0.25) is 0 Å². The molecule has 0 aliphatic carbocycles. The van der Waals surface area contributed by atoms with Crippen LogP contribution in [0.2, 0.25) is 0 Å². The highest BCUT2D eigenvalue weighted by Crippen LogP contribution is 2.03. The first-order valence-electron chi connectivity index (χ1n) is 3.62. The average Bonchev–Trinajstić information content (AvgIpc) is 1.82. The van der Waals surface area contributed by atoms with Crippen molar-refractivity contribution >= 4 is 0 Å². The third-order valence-electron chi connectivity index (χ3n) is 1.61. The van der Waals surface area contributed by atoms with Crippen molar-refractivity contribution in [2.45, 2.75) is 19.6 Å². The third-order valence-corrected chi connectivity index (χ3v) is 1.61. The lowest BCUT2D eigenvalue weighted by Gasteiger charge is -2.16. The lowest BCUT2D eigenvalue weighted by atomic mass is 10.1. The highest BCUT2D eigenvalue weighted by Gasteiger charge is 2.08. The van der Waals surface area contributed by atoms with Crippen LogP contribution in [0.5, 0.6) is 0 Å². The molecule has 0 aromatic carbocycles. The maximum atomic E-state index is 8.89. The largest absolute Gasteiger partial charge is 0.379 e. The van der Waals surface area contributed by atoms with Gasteiger partial charge in [-0.2, -0.15) is 0 Å². The number of rotatable bonds is 4. The minimum Gasteiger partial charge on any atom is -0.379 e. The number of aliphatic hydroxyl groups excluding tert-OH is 1. The molecular weight excluding hydrogens is 128 g/mol. The van der Waals surface area contributed by atoms with Crippen LogP contribution < -0.4 is 5.73 Å². The molecule has 0 rings (SSSR count). The summed E-state index contributed by atoms with van der Waals surface area (Å²) < 4.78 is 0.